The normalized spacial score (nSPS) is 45.0. The van der Waals surface area contributed by atoms with Crippen molar-refractivity contribution in [3.63, 3.8) is 0 Å². The van der Waals surface area contributed by atoms with E-state index in [1.54, 1.807) is 0 Å². The molecule has 8 atom stereocenters. The van der Waals surface area contributed by atoms with E-state index < -0.39 is 5.60 Å². The van der Waals surface area contributed by atoms with E-state index in [9.17, 15) is 14.7 Å². The molecule has 4 aliphatic carbocycles. The molecule has 8 unspecified atom stereocenters. The van der Waals surface area contributed by atoms with Gasteiger partial charge in [0.1, 0.15) is 12.2 Å². The number of aliphatic hydroxyl groups is 1. The van der Waals surface area contributed by atoms with Gasteiger partial charge in [-0.2, -0.15) is 0 Å². The SMILES string of the molecule is CCC(C)CC(=O)OCC1(C)CCCC2(C)C1CCC1CC(O)(COC(C)=O)C3CCC12C3. The number of ether oxygens (including phenoxy) is 2. The van der Waals surface area contributed by atoms with Crippen molar-refractivity contribution >= 4 is 11.9 Å². The molecule has 0 aliphatic heterocycles. The molecule has 5 heteroatoms. The first kappa shape index (κ1) is 25.0. The summed E-state index contributed by atoms with van der Waals surface area (Å²) < 4.78 is 11.3. The van der Waals surface area contributed by atoms with E-state index in [-0.39, 0.29) is 40.7 Å². The Labute approximate surface area is 200 Å². The van der Waals surface area contributed by atoms with E-state index in [2.05, 4.69) is 27.7 Å². The Bertz CT molecular complexity index is 765. The largest absolute Gasteiger partial charge is 0.465 e. The van der Waals surface area contributed by atoms with Gasteiger partial charge in [0.2, 0.25) is 0 Å². The van der Waals surface area contributed by atoms with E-state index >= 15 is 0 Å². The van der Waals surface area contributed by atoms with Gasteiger partial charge >= 0.3 is 11.9 Å². The van der Waals surface area contributed by atoms with Crippen molar-refractivity contribution in [1.29, 1.82) is 0 Å². The van der Waals surface area contributed by atoms with Crippen molar-refractivity contribution in [2.75, 3.05) is 13.2 Å². The molecule has 4 rings (SSSR count). The lowest BCUT2D eigenvalue weighted by atomic mass is 9.38. The molecule has 0 aromatic rings. The van der Waals surface area contributed by atoms with Crippen LogP contribution in [0.2, 0.25) is 0 Å². The van der Waals surface area contributed by atoms with Gasteiger partial charge < -0.3 is 14.6 Å². The Hall–Kier alpha value is -1.10. The fraction of sp³-hybridized carbons (Fsp3) is 0.929. The zero-order chi connectivity index (χ0) is 24.1. The van der Waals surface area contributed by atoms with Crippen LogP contribution in [-0.4, -0.2) is 35.9 Å². The first-order chi connectivity index (χ1) is 15.5. The van der Waals surface area contributed by atoms with Crippen LogP contribution in [-0.2, 0) is 19.1 Å². The Morgan fingerprint density at radius 3 is 2.45 bits per heavy atom. The molecule has 188 valence electrons. The Morgan fingerprint density at radius 2 is 1.76 bits per heavy atom. The third kappa shape index (κ3) is 4.15. The molecule has 0 amide bonds. The Kier molecular flexibility index (Phi) is 6.70. The van der Waals surface area contributed by atoms with Crippen LogP contribution in [0.4, 0.5) is 0 Å². The van der Waals surface area contributed by atoms with Crippen LogP contribution in [0.3, 0.4) is 0 Å². The minimum Gasteiger partial charge on any atom is -0.465 e. The van der Waals surface area contributed by atoms with Crippen LogP contribution in [0.25, 0.3) is 0 Å². The summed E-state index contributed by atoms with van der Waals surface area (Å²) in [5.41, 5.74) is -0.376. The van der Waals surface area contributed by atoms with Crippen molar-refractivity contribution < 1.29 is 24.2 Å². The van der Waals surface area contributed by atoms with E-state index in [1.165, 1.54) is 26.2 Å². The number of hydrogen-bond donors (Lipinski definition) is 1. The van der Waals surface area contributed by atoms with Crippen LogP contribution < -0.4 is 0 Å². The fourth-order valence-electron chi connectivity index (χ4n) is 8.97. The van der Waals surface area contributed by atoms with Crippen molar-refractivity contribution in [2.24, 2.45) is 39.9 Å². The molecule has 4 aliphatic rings. The van der Waals surface area contributed by atoms with Gasteiger partial charge in [0, 0.05) is 18.8 Å². The van der Waals surface area contributed by atoms with Crippen LogP contribution in [0.5, 0.6) is 0 Å². The molecule has 0 radical (unpaired) electrons. The predicted octanol–water partition coefficient (Wildman–Crippen LogP) is 5.67. The second kappa shape index (κ2) is 8.84. The van der Waals surface area contributed by atoms with Crippen molar-refractivity contribution in [2.45, 2.75) is 111 Å². The number of rotatable bonds is 7. The van der Waals surface area contributed by atoms with E-state index in [4.69, 9.17) is 9.47 Å². The van der Waals surface area contributed by atoms with Gasteiger partial charge in [-0.1, -0.05) is 40.5 Å². The highest BCUT2D eigenvalue weighted by molar-refractivity contribution is 5.69. The van der Waals surface area contributed by atoms with Gasteiger partial charge in [-0.3, -0.25) is 9.59 Å². The molecule has 0 aromatic carbocycles. The number of esters is 2. The maximum atomic E-state index is 12.5. The second-order valence-corrected chi connectivity index (χ2v) is 12.8. The first-order valence-corrected chi connectivity index (χ1v) is 13.5. The maximum absolute atomic E-state index is 12.5. The van der Waals surface area contributed by atoms with Gasteiger partial charge in [0.25, 0.3) is 0 Å². The number of carbonyl (C=O) groups excluding carboxylic acids is 2. The molecule has 1 spiro atoms. The van der Waals surface area contributed by atoms with Crippen LogP contribution in [0, 0.1) is 39.9 Å². The van der Waals surface area contributed by atoms with Crippen molar-refractivity contribution in [1.82, 2.24) is 0 Å². The van der Waals surface area contributed by atoms with Gasteiger partial charge in [0.05, 0.1) is 6.61 Å². The van der Waals surface area contributed by atoms with Gasteiger partial charge in [-0.15, -0.1) is 0 Å². The Balaban J connectivity index is 1.52. The standard InChI is InChI=1S/C28H46O5/c1-6-19(2)14-24(30)33-17-25(4)11-7-12-26(5)23(25)9-8-21-16-28(31,18-32-20(3)29)22-10-13-27(21,26)15-22/h19,21-23,31H,6-18H2,1-5H3. The van der Waals surface area contributed by atoms with E-state index in [0.29, 0.717) is 30.8 Å². The van der Waals surface area contributed by atoms with Crippen molar-refractivity contribution in [3.8, 4) is 0 Å². The van der Waals surface area contributed by atoms with Gasteiger partial charge in [-0.25, -0.2) is 0 Å². The fourth-order valence-corrected chi connectivity index (χ4v) is 8.97. The maximum Gasteiger partial charge on any atom is 0.306 e. The zero-order valence-corrected chi connectivity index (χ0v) is 21.6. The molecular formula is C28H46O5. The molecule has 5 nitrogen and oxygen atoms in total. The van der Waals surface area contributed by atoms with Crippen molar-refractivity contribution in [3.05, 3.63) is 0 Å². The third-order valence-electron chi connectivity index (χ3n) is 11.0. The third-order valence-corrected chi connectivity index (χ3v) is 11.0. The smallest absolute Gasteiger partial charge is 0.306 e. The summed E-state index contributed by atoms with van der Waals surface area (Å²) in [5, 5.41) is 11.5. The molecule has 0 saturated heterocycles. The van der Waals surface area contributed by atoms with Gasteiger partial charge in [0.15, 0.2) is 0 Å². The summed E-state index contributed by atoms with van der Waals surface area (Å²) in [6.07, 6.45) is 11.3. The summed E-state index contributed by atoms with van der Waals surface area (Å²) in [4.78, 5) is 23.9. The summed E-state index contributed by atoms with van der Waals surface area (Å²) in [5.74, 6) is 1.27. The molecular weight excluding hydrogens is 416 g/mol. The number of hydrogen-bond acceptors (Lipinski definition) is 5. The van der Waals surface area contributed by atoms with E-state index in [0.717, 1.165) is 44.9 Å². The molecule has 4 saturated carbocycles. The summed E-state index contributed by atoms with van der Waals surface area (Å²) in [6.45, 7) is 11.2. The lowest BCUT2D eigenvalue weighted by molar-refractivity contribution is -0.215. The van der Waals surface area contributed by atoms with Crippen LogP contribution >= 0.6 is 0 Å². The molecule has 1 N–H and O–H groups in total. The minimum absolute atomic E-state index is 0.0292. The summed E-state index contributed by atoms with van der Waals surface area (Å²) in [7, 11) is 0. The number of fused-ring (bicyclic) bond motifs is 2. The molecule has 0 aromatic heterocycles. The highest BCUT2D eigenvalue weighted by atomic mass is 16.5. The monoisotopic (exact) mass is 462 g/mol. The first-order valence-electron chi connectivity index (χ1n) is 13.5. The minimum atomic E-state index is -0.872. The summed E-state index contributed by atoms with van der Waals surface area (Å²) in [6, 6.07) is 0. The topological polar surface area (TPSA) is 72.8 Å². The highest BCUT2D eigenvalue weighted by Crippen LogP contribution is 2.75. The molecule has 33 heavy (non-hydrogen) atoms. The van der Waals surface area contributed by atoms with E-state index in [1.807, 2.05) is 0 Å². The average Bonchev–Trinajstić information content (AvgIpc) is 3.17. The Morgan fingerprint density at radius 1 is 1.00 bits per heavy atom. The number of carbonyl (C=O) groups is 2. The highest BCUT2D eigenvalue weighted by Gasteiger charge is 2.69. The average molecular weight is 463 g/mol. The lowest BCUT2D eigenvalue weighted by Gasteiger charge is -2.67. The van der Waals surface area contributed by atoms with Crippen LogP contribution in [0.15, 0.2) is 0 Å². The van der Waals surface area contributed by atoms with Crippen LogP contribution in [0.1, 0.15) is 105 Å². The summed E-state index contributed by atoms with van der Waals surface area (Å²) >= 11 is 0. The predicted molar refractivity (Wildman–Crippen MR) is 127 cm³/mol. The molecule has 0 heterocycles. The molecule has 4 fully saturated rings. The zero-order valence-electron chi connectivity index (χ0n) is 21.6. The molecule has 2 bridgehead atoms. The van der Waals surface area contributed by atoms with Gasteiger partial charge in [-0.05, 0) is 85.9 Å². The quantitative estimate of drug-likeness (QED) is 0.493. The lowest BCUT2D eigenvalue weighted by Crippen LogP contribution is -2.62. The second-order valence-electron chi connectivity index (χ2n) is 12.8.